The number of fused-ring (bicyclic) bond motifs is 21. The van der Waals surface area contributed by atoms with Gasteiger partial charge >= 0.3 is 0 Å². The van der Waals surface area contributed by atoms with Crippen molar-refractivity contribution in [2.24, 2.45) is 0 Å². The fourth-order valence-electron chi connectivity index (χ4n) is 17.9. The van der Waals surface area contributed by atoms with Gasteiger partial charge in [-0.25, -0.2) is 39.9 Å². The van der Waals surface area contributed by atoms with Gasteiger partial charge in [0.05, 0.1) is 22.0 Å². The first-order chi connectivity index (χ1) is 53.5. The zero-order valence-electron chi connectivity index (χ0n) is 58.2. The molecule has 0 radical (unpaired) electrons. The van der Waals surface area contributed by atoms with Gasteiger partial charge in [0, 0.05) is 55.5 Å². The van der Waals surface area contributed by atoms with Gasteiger partial charge < -0.3 is 0 Å². The molecule has 15 aromatic carbocycles. The van der Waals surface area contributed by atoms with Crippen LogP contribution in [0.15, 0.2) is 364 Å². The number of rotatable bonds is 10. The van der Waals surface area contributed by atoms with E-state index in [1.54, 1.807) is 0 Å². The molecule has 0 saturated heterocycles. The molecular formula is C100H60N8. The van der Waals surface area contributed by atoms with E-state index >= 15 is 0 Å². The predicted molar refractivity (Wildman–Crippen MR) is 433 cm³/mol. The Labute approximate surface area is 623 Å². The minimum absolute atomic E-state index is 0.556. The summed E-state index contributed by atoms with van der Waals surface area (Å²) in [7, 11) is 0. The van der Waals surface area contributed by atoms with E-state index in [0.29, 0.717) is 40.8 Å². The molecule has 0 N–H and O–H groups in total. The number of hydrogen-bond donors (Lipinski definition) is 0. The quantitative estimate of drug-likeness (QED) is 0.133. The maximum Gasteiger partial charge on any atom is 0.164 e. The molecule has 0 amide bonds. The second kappa shape index (κ2) is 24.1. The molecule has 22 rings (SSSR count). The molecular weight excluding hydrogens is 1310 g/mol. The first kappa shape index (κ1) is 61.2. The van der Waals surface area contributed by atoms with E-state index in [9.17, 15) is 0 Å². The van der Waals surface area contributed by atoms with Crippen molar-refractivity contribution in [2.45, 2.75) is 10.8 Å². The van der Waals surface area contributed by atoms with Crippen LogP contribution in [0.5, 0.6) is 0 Å². The van der Waals surface area contributed by atoms with E-state index in [0.717, 1.165) is 83.4 Å². The molecule has 108 heavy (non-hydrogen) atoms. The topological polar surface area (TPSA) is 103 Å². The lowest BCUT2D eigenvalue weighted by molar-refractivity contribution is 0.794. The van der Waals surface area contributed by atoms with E-state index in [2.05, 4.69) is 243 Å². The molecule has 0 bridgehead atoms. The van der Waals surface area contributed by atoms with Crippen LogP contribution in [0.3, 0.4) is 0 Å². The van der Waals surface area contributed by atoms with Gasteiger partial charge in [0.15, 0.2) is 40.8 Å². The molecule has 4 aliphatic carbocycles. The standard InChI is InChI=1S/C100H60N8/c1-5-25-62(26-6-1)93-103-94(63-27-7-2-8-28-63)106-97(105-93)67-47-45-61(46-48-67)90-81-58-71(69-53-55-78-76-37-17-23-43-86(76)99(88(78)59-69)82-39-19-13-33-72(82)73-34-14-20-40-83(73)99)57-80(70-54-56-79-77-38-18-24-44-87(77)100(89(79)60-70)84-41-21-15-35-74(84)75-36-16-22-42-85(75)100)91(81)102-92(101-90)66-49-51-68(52-50-66)98-107-95(64-29-9-3-10-30-64)104-96(108-98)65-31-11-4-12-32-65/h1-60H. The summed E-state index contributed by atoms with van der Waals surface area (Å²) in [5, 5.41) is 0.894. The van der Waals surface area contributed by atoms with Gasteiger partial charge in [-0.05, 0) is 130 Å². The summed E-state index contributed by atoms with van der Waals surface area (Å²) in [4.78, 5) is 42.4. The summed E-state index contributed by atoms with van der Waals surface area (Å²) >= 11 is 0. The molecule has 3 aromatic heterocycles. The maximum atomic E-state index is 5.90. The van der Waals surface area contributed by atoms with Crippen LogP contribution in [0, 0.1) is 0 Å². The third kappa shape index (κ3) is 9.23. The lowest BCUT2D eigenvalue weighted by Crippen LogP contribution is -2.25. The van der Waals surface area contributed by atoms with Gasteiger partial charge in [-0.15, -0.1) is 0 Å². The van der Waals surface area contributed by atoms with Crippen LogP contribution in [0.4, 0.5) is 0 Å². The Morgan fingerprint density at radius 2 is 0.398 bits per heavy atom. The largest absolute Gasteiger partial charge is 0.227 e. The predicted octanol–water partition coefficient (Wildman–Crippen LogP) is 23.4. The van der Waals surface area contributed by atoms with Crippen molar-refractivity contribution in [1.29, 1.82) is 0 Å². The monoisotopic (exact) mass is 1370 g/mol. The molecule has 0 aliphatic heterocycles. The molecule has 2 spiro atoms. The summed E-state index contributed by atoms with van der Waals surface area (Å²) in [5.41, 5.74) is 31.7. The summed E-state index contributed by atoms with van der Waals surface area (Å²) in [6.45, 7) is 0. The molecule has 8 heteroatoms. The Bertz CT molecular complexity index is 6480. The Morgan fingerprint density at radius 3 is 0.731 bits per heavy atom. The van der Waals surface area contributed by atoms with Crippen LogP contribution in [-0.2, 0) is 10.8 Å². The second-order valence-electron chi connectivity index (χ2n) is 28.3. The SMILES string of the molecule is c1ccc(-c2nc(-c3ccccc3)nc(-c3ccc(-c4nc(-c5ccc(-c6nc(-c7ccccc7)nc(-c7ccccc7)n6)cc5)c5cc(-c6ccc7c(c6)C6(c8ccccc8-c8ccccc86)c6ccccc6-7)cc(-c6ccc7c(c6)C6(c8ccccc8-c8ccccc86)c6ccccc6-7)c5n4)cc3)n2)cc1. The number of aromatic nitrogens is 8. The van der Waals surface area contributed by atoms with Gasteiger partial charge in [0.1, 0.15) is 0 Å². The third-order valence-electron chi connectivity index (χ3n) is 22.7. The van der Waals surface area contributed by atoms with Crippen LogP contribution < -0.4 is 0 Å². The average molecular weight is 1370 g/mol. The minimum Gasteiger partial charge on any atom is -0.227 e. The third-order valence-corrected chi connectivity index (χ3v) is 22.7. The molecule has 500 valence electrons. The van der Waals surface area contributed by atoms with E-state index in [-0.39, 0.29) is 0 Å². The Morgan fingerprint density at radius 1 is 0.148 bits per heavy atom. The van der Waals surface area contributed by atoms with Crippen LogP contribution in [0.25, 0.3) is 169 Å². The highest BCUT2D eigenvalue weighted by Gasteiger charge is 2.53. The molecule has 0 unspecified atom stereocenters. The van der Waals surface area contributed by atoms with Gasteiger partial charge in [-0.3, -0.25) is 0 Å². The summed E-state index contributed by atoms with van der Waals surface area (Å²) in [6, 6.07) is 131. The molecule has 3 heterocycles. The average Bonchev–Trinajstić information content (AvgIpc) is 1.51. The van der Waals surface area contributed by atoms with Gasteiger partial charge in [-0.2, -0.15) is 0 Å². The number of hydrogen-bond acceptors (Lipinski definition) is 8. The molecule has 0 atom stereocenters. The van der Waals surface area contributed by atoms with Crippen LogP contribution in [0.2, 0.25) is 0 Å². The lowest BCUT2D eigenvalue weighted by atomic mass is 9.70. The van der Waals surface area contributed by atoms with Crippen molar-refractivity contribution in [2.75, 3.05) is 0 Å². The van der Waals surface area contributed by atoms with Gasteiger partial charge in [0.25, 0.3) is 0 Å². The van der Waals surface area contributed by atoms with Crippen molar-refractivity contribution in [3.05, 3.63) is 408 Å². The minimum atomic E-state index is -0.598. The van der Waals surface area contributed by atoms with Crippen LogP contribution in [0.1, 0.15) is 44.5 Å². The number of nitrogens with zero attached hydrogens (tertiary/aromatic N) is 8. The van der Waals surface area contributed by atoms with E-state index in [4.69, 9.17) is 39.9 Å². The van der Waals surface area contributed by atoms with Gasteiger partial charge in [0.2, 0.25) is 0 Å². The van der Waals surface area contributed by atoms with E-state index in [1.165, 1.54) is 89.0 Å². The summed E-state index contributed by atoms with van der Waals surface area (Å²) < 4.78 is 0. The van der Waals surface area contributed by atoms with Crippen LogP contribution in [-0.4, -0.2) is 39.9 Å². The fraction of sp³-hybridized carbons (Fsp3) is 0.0200. The van der Waals surface area contributed by atoms with Crippen molar-refractivity contribution >= 4 is 10.9 Å². The highest BCUT2D eigenvalue weighted by molar-refractivity contribution is 6.07. The van der Waals surface area contributed by atoms with Crippen molar-refractivity contribution in [3.63, 3.8) is 0 Å². The van der Waals surface area contributed by atoms with Gasteiger partial charge in [-0.1, -0.05) is 340 Å². The summed E-state index contributed by atoms with van der Waals surface area (Å²) in [5.74, 6) is 4.05. The number of benzene rings is 15. The molecule has 0 saturated carbocycles. The highest BCUT2D eigenvalue weighted by atomic mass is 15.0. The molecule has 0 fully saturated rings. The maximum absolute atomic E-state index is 5.90. The van der Waals surface area contributed by atoms with E-state index < -0.39 is 10.8 Å². The van der Waals surface area contributed by atoms with Crippen molar-refractivity contribution in [3.8, 4) is 158 Å². The van der Waals surface area contributed by atoms with E-state index in [1.807, 2.05) is 121 Å². The normalized spacial score (nSPS) is 13.1. The zero-order valence-corrected chi connectivity index (χ0v) is 58.2. The molecule has 4 aliphatic rings. The lowest BCUT2D eigenvalue weighted by Gasteiger charge is -2.31. The fourth-order valence-corrected chi connectivity index (χ4v) is 17.9. The Hall–Kier alpha value is -14.3. The van der Waals surface area contributed by atoms with Crippen molar-refractivity contribution < 1.29 is 0 Å². The first-order valence-electron chi connectivity index (χ1n) is 36.7. The second-order valence-corrected chi connectivity index (χ2v) is 28.3. The first-order valence-corrected chi connectivity index (χ1v) is 36.7. The molecule has 8 nitrogen and oxygen atoms in total. The molecule has 18 aromatic rings. The zero-order chi connectivity index (χ0) is 71.0. The van der Waals surface area contributed by atoms with Crippen molar-refractivity contribution in [1.82, 2.24) is 39.9 Å². The summed E-state index contributed by atoms with van der Waals surface area (Å²) in [6.07, 6.45) is 0. The Balaban J connectivity index is 0.791. The Kier molecular flexibility index (Phi) is 13.7. The van der Waals surface area contributed by atoms with Crippen LogP contribution >= 0.6 is 0 Å². The highest BCUT2D eigenvalue weighted by Crippen LogP contribution is 2.65. The smallest absolute Gasteiger partial charge is 0.164 e.